The van der Waals surface area contributed by atoms with Crippen molar-refractivity contribution in [2.75, 3.05) is 7.11 Å². The van der Waals surface area contributed by atoms with E-state index in [1.165, 1.54) is 30.7 Å². The molecule has 0 spiro atoms. The first kappa shape index (κ1) is 13.1. The topological polar surface area (TPSA) is 70.9 Å². The number of hydrogen-bond donors (Lipinski definition) is 2. The highest BCUT2D eigenvalue weighted by Gasteiger charge is 2.04. The summed E-state index contributed by atoms with van der Waals surface area (Å²) in [5.41, 5.74) is 3.13. The Morgan fingerprint density at radius 1 is 1.47 bits per heavy atom. The molecule has 2 N–H and O–H groups in total. The van der Waals surface area contributed by atoms with Gasteiger partial charge >= 0.3 is 0 Å². The van der Waals surface area contributed by atoms with Gasteiger partial charge in [0.25, 0.3) is 5.91 Å². The van der Waals surface area contributed by atoms with Crippen molar-refractivity contribution >= 4 is 23.5 Å². The number of hydrogen-bond acceptors (Lipinski definition) is 5. The van der Waals surface area contributed by atoms with Gasteiger partial charge in [-0.1, -0.05) is 6.07 Å². The molecule has 0 aliphatic heterocycles. The Morgan fingerprint density at radius 2 is 2.32 bits per heavy atom. The Labute approximate surface area is 114 Å². The van der Waals surface area contributed by atoms with E-state index in [9.17, 15) is 9.90 Å². The van der Waals surface area contributed by atoms with Crippen LogP contribution in [0.2, 0.25) is 0 Å². The van der Waals surface area contributed by atoms with Gasteiger partial charge in [-0.25, -0.2) is 5.43 Å². The minimum Gasteiger partial charge on any atom is -0.504 e. The highest BCUT2D eigenvalue weighted by molar-refractivity contribution is 7.12. The lowest BCUT2D eigenvalue weighted by Gasteiger charge is -2.03. The molecule has 2 aromatic rings. The zero-order chi connectivity index (χ0) is 13.7. The Hall–Kier alpha value is -2.34. The van der Waals surface area contributed by atoms with Crippen molar-refractivity contribution in [1.29, 1.82) is 0 Å². The third kappa shape index (κ3) is 3.32. The van der Waals surface area contributed by atoms with Gasteiger partial charge in [0.2, 0.25) is 0 Å². The number of hydrazone groups is 1. The smallest absolute Gasteiger partial charge is 0.281 e. The van der Waals surface area contributed by atoms with Crippen LogP contribution in [0.1, 0.15) is 15.2 Å². The van der Waals surface area contributed by atoms with Crippen LogP contribution in [-0.2, 0) is 0 Å². The molecule has 0 atom stereocenters. The first-order valence-electron chi connectivity index (χ1n) is 5.44. The number of phenols is 1. The standard InChI is InChI=1S/C13H12N2O3S/c1-18-11-7-9(4-5-10(11)16)8-14-15-13(17)12-3-2-6-19-12/h2-8,16H,1H3,(H,15,17)/b14-8-. The van der Waals surface area contributed by atoms with Crippen molar-refractivity contribution in [1.82, 2.24) is 5.43 Å². The molecule has 0 fully saturated rings. The molecule has 98 valence electrons. The lowest BCUT2D eigenvalue weighted by molar-refractivity contribution is 0.0959. The number of amides is 1. The number of ether oxygens (including phenoxy) is 1. The number of rotatable bonds is 4. The summed E-state index contributed by atoms with van der Waals surface area (Å²) in [5, 5.41) is 15.1. The number of methoxy groups -OCH3 is 1. The molecule has 1 heterocycles. The summed E-state index contributed by atoms with van der Waals surface area (Å²) in [5.74, 6) is 0.160. The predicted molar refractivity (Wildman–Crippen MR) is 74.0 cm³/mol. The van der Waals surface area contributed by atoms with Gasteiger partial charge < -0.3 is 9.84 Å². The summed E-state index contributed by atoms with van der Waals surface area (Å²) in [6, 6.07) is 8.31. The molecule has 0 bridgehead atoms. The van der Waals surface area contributed by atoms with E-state index in [1.807, 2.05) is 5.38 Å². The average molecular weight is 276 g/mol. The SMILES string of the molecule is COc1cc(/C=N\NC(=O)c2cccs2)ccc1O. The minimum atomic E-state index is -0.253. The second-order valence-corrected chi connectivity index (χ2v) is 4.56. The lowest BCUT2D eigenvalue weighted by Crippen LogP contribution is -2.16. The van der Waals surface area contributed by atoms with Gasteiger partial charge in [0.15, 0.2) is 11.5 Å². The molecular formula is C13H12N2O3S. The number of phenolic OH excluding ortho intramolecular Hbond substituents is 1. The van der Waals surface area contributed by atoms with E-state index in [4.69, 9.17) is 4.74 Å². The molecule has 5 nitrogen and oxygen atoms in total. The molecular weight excluding hydrogens is 264 g/mol. The summed E-state index contributed by atoms with van der Waals surface area (Å²) in [6.45, 7) is 0. The lowest BCUT2D eigenvalue weighted by atomic mass is 10.2. The first-order valence-corrected chi connectivity index (χ1v) is 6.32. The Balaban J connectivity index is 2.01. The maximum absolute atomic E-state index is 11.6. The minimum absolute atomic E-state index is 0.0577. The van der Waals surface area contributed by atoms with Crippen LogP contribution in [0.25, 0.3) is 0 Å². The second kappa shape index (κ2) is 6.01. The maximum Gasteiger partial charge on any atom is 0.281 e. The molecule has 0 aliphatic rings. The van der Waals surface area contributed by atoms with Crippen molar-refractivity contribution < 1.29 is 14.6 Å². The van der Waals surface area contributed by atoms with Gasteiger partial charge in [-0.05, 0) is 35.2 Å². The largest absolute Gasteiger partial charge is 0.504 e. The van der Waals surface area contributed by atoms with Crippen molar-refractivity contribution in [3.63, 3.8) is 0 Å². The molecule has 6 heteroatoms. The van der Waals surface area contributed by atoms with Gasteiger partial charge in [-0.15, -0.1) is 11.3 Å². The van der Waals surface area contributed by atoms with Gasteiger partial charge in [0.1, 0.15) is 0 Å². The van der Waals surface area contributed by atoms with Crippen LogP contribution in [0, 0.1) is 0 Å². The zero-order valence-corrected chi connectivity index (χ0v) is 11.0. The molecule has 1 amide bonds. The highest BCUT2D eigenvalue weighted by Crippen LogP contribution is 2.25. The number of thiophene rings is 1. The molecule has 0 saturated carbocycles. The fourth-order valence-electron chi connectivity index (χ4n) is 1.40. The number of carbonyl (C=O) groups excluding carboxylic acids is 1. The Bertz CT molecular complexity index is 594. The van der Waals surface area contributed by atoms with E-state index in [2.05, 4.69) is 10.5 Å². The van der Waals surface area contributed by atoms with Crippen LogP contribution in [-0.4, -0.2) is 24.3 Å². The van der Waals surface area contributed by atoms with Gasteiger partial charge in [0, 0.05) is 0 Å². The zero-order valence-electron chi connectivity index (χ0n) is 10.2. The van der Waals surface area contributed by atoms with Crippen molar-refractivity contribution in [3.05, 3.63) is 46.2 Å². The average Bonchev–Trinajstić information content (AvgIpc) is 2.94. The number of nitrogens with one attached hydrogen (secondary N) is 1. The van der Waals surface area contributed by atoms with E-state index < -0.39 is 0 Å². The maximum atomic E-state index is 11.6. The van der Waals surface area contributed by atoms with E-state index in [0.717, 1.165) is 0 Å². The number of benzene rings is 1. The second-order valence-electron chi connectivity index (χ2n) is 3.61. The molecule has 1 aromatic carbocycles. The molecule has 0 unspecified atom stereocenters. The van der Waals surface area contributed by atoms with E-state index in [-0.39, 0.29) is 11.7 Å². The summed E-state index contributed by atoms with van der Waals surface area (Å²) in [7, 11) is 1.47. The van der Waals surface area contributed by atoms with Crippen LogP contribution in [0.4, 0.5) is 0 Å². The van der Waals surface area contributed by atoms with Crippen molar-refractivity contribution in [2.45, 2.75) is 0 Å². The molecule has 0 radical (unpaired) electrons. The quantitative estimate of drug-likeness (QED) is 0.664. The number of nitrogens with zero attached hydrogens (tertiary/aromatic N) is 1. The first-order chi connectivity index (χ1) is 9.20. The monoisotopic (exact) mass is 276 g/mol. The molecule has 2 rings (SSSR count). The third-order valence-corrected chi connectivity index (χ3v) is 3.20. The molecule has 0 saturated heterocycles. The summed E-state index contributed by atoms with van der Waals surface area (Å²) >= 11 is 1.35. The molecule has 19 heavy (non-hydrogen) atoms. The number of aromatic hydroxyl groups is 1. The Morgan fingerprint density at radius 3 is 3.00 bits per heavy atom. The normalized spacial score (nSPS) is 10.6. The predicted octanol–water partition coefficient (Wildman–Crippen LogP) is 2.23. The third-order valence-electron chi connectivity index (χ3n) is 2.33. The van der Waals surface area contributed by atoms with Crippen LogP contribution < -0.4 is 10.2 Å². The van der Waals surface area contributed by atoms with Gasteiger partial charge in [-0.3, -0.25) is 4.79 Å². The van der Waals surface area contributed by atoms with Crippen molar-refractivity contribution in [3.8, 4) is 11.5 Å². The van der Waals surface area contributed by atoms with E-state index in [0.29, 0.717) is 16.2 Å². The van der Waals surface area contributed by atoms with E-state index in [1.54, 1.807) is 24.3 Å². The Kier molecular flexibility index (Phi) is 4.15. The fraction of sp³-hybridized carbons (Fsp3) is 0.0769. The van der Waals surface area contributed by atoms with Crippen LogP contribution in [0.3, 0.4) is 0 Å². The number of carbonyl (C=O) groups is 1. The highest BCUT2D eigenvalue weighted by atomic mass is 32.1. The van der Waals surface area contributed by atoms with Crippen LogP contribution in [0.5, 0.6) is 11.5 Å². The van der Waals surface area contributed by atoms with Gasteiger partial charge in [-0.2, -0.15) is 5.10 Å². The summed E-state index contributed by atoms with van der Waals surface area (Å²) < 4.78 is 4.97. The molecule has 0 aliphatic carbocycles. The molecule has 1 aromatic heterocycles. The van der Waals surface area contributed by atoms with Crippen LogP contribution in [0.15, 0.2) is 40.8 Å². The fourth-order valence-corrected chi connectivity index (χ4v) is 2.02. The van der Waals surface area contributed by atoms with Gasteiger partial charge in [0.05, 0.1) is 18.2 Å². The summed E-state index contributed by atoms with van der Waals surface area (Å²) in [6.07, 6.45) is 1.48. The van der Waals surface area contributed by atoms with Crippen LogP contribution >= 0.6 is 11.3 Å². The summed E-state index contributed by atoms with van der Waals surface area (Å²) in [4.78, 5) is 12.2. The van der Waals surface area contributed by atoms with E-state index >= 15 is 0 Å². The van der Waals surface area contributed by atoms with Crippen molar-refractivity contribution in [2.24, 2.45) is 5.10 Å².